The largest absolute Gasteiger partial charge is 0.481 e. The zero-order chi connectivity index (χ0) is 32.6. The number of hydrogen-bond acceptors (Lipinski definition) is 4. The Morgan fingerprint density at radius 1 is 0.756 bits per heavy atom. The van der Waals surface area contributed by atoms with Crippen LogP contribution >= 0.6 is 0 Å². The maximum atomic E-state index is 11.6. The van der Waals surface area contributed by atoms with Gasteiger partial charge in [-0.1, -0.05) is 32.2 Å². The van der Waals surface area contributed by atoms with Crippen molar-refractivity contribution in [2.24, 2.45) is 0 Å². The first-order valence-corrected chi connectivity index (χ1v) is 15.3. The lowest BCUT2D eigenvalue weighted by atomic mass is 9.98. The van der Waals surface area contributed by atoms with Gasteiger partial charge in [-0.25, -0.2) is 9.97 Å². The molecule has 232 valence electrons. The SMILES string of the molecule is C=Cc1c(C)c2cc3c(C=C)c(C)c(cc4nc(cc5nc(cc1[nH]2)C(C)=C5CCC(=O)O)C(CCC(=O)O)=C4C)n3CCC. The fraction of sp³-hybridized carbons (Fsp3) is 0.297. The average molecular weight is 605 g/mol. The van der Waals surface area contributed by atoms with Gasteiger partial charge in [0.2, 0.25) is 0 Å². The van der Waals surface area contributed by atoms with E-state index in [0.717, 1.165) is 91.0 Å². The number of H-pyrrole nitrogens is 1. The highest BCUT2D eigenvalue weighted by Gasteiger charge is 2.23. The fourth-order valence-electron chi connectivity index (χ4n) is 6.45. The molecule has 3 aromatic rings. The molecule has 5 rings (SSSR count). The van der Waals surface area contributed by atoms with Crippen molar-refractivity contribution in [3.63, 3.8) is 0 Å². The highest BCUT2D eigenvalue weighted by atomic mass is 16.4. The van der Waals surface area contributed by atoms with Crippen molar-refractivity contribution in [2.75, 3.05) is 0 Å². The number of allylic oxidation sites excluding steroid dienone is 4. The highest BCUT2D eigenvalue weighted by Crippen LogP contribution is 2.38. The maximum Gasteiger partial charge on any atom is 0.303 e. The molecule has 0 saturated heterocycles. The molecule has 2 aliphatic rings. The lowest BCUT2D eigenvalue weighted by molar-refractivity contribution is -0.137. The van der Waals surface area contributed by atoms with Gasteiger partial charge in [0.15, 0.2) is 0 Å². The summed E-state index contributed by atoms with van der Waals surface area (Å²) in [5.41, 5.74) is 14.3. The molecule has 0 radical (unpaired) electrons. The number of aromatic nitrogens is 4. The van der Waals surface area contributed by atoms with Crippen molar-refractivity contribution in [1.82, 2.24) is 19.5 Å². The molecule has 8 bridgehead atoms. The van der Waals surface area contributed by atoms with Gasteiger partial charge in [-0.2, -0.15) is 0 Å². The van der Waals surface area contributed by atoms with Crippen molar-refractivity contribution in [3.8, 4) is 0 Å². The molecule has 3 N–H and O–H groups in total. The Hall–Kier alpha value is -4.98. The predicted molar refractivity (Wildman–Crippen MR) is 183 cm³/mol. The van der Waals surface area contributed by atoms with E-state index in [2.05, 4.69) is 55.6 Å². The minimum atomic E-state index is -0.885. The van der Waals surface area contributed by atoms with E-state index < -0.39 is 11.9 Å². The molecule has 45 heavy (non-hydrogen) atoms. The summed E-state index contributed by atoms with van der Waals surface area (Å²) in [6, 6.07) is 8.14. The Morgan fingerprint density at radius 2 is 1.31 bits per heavy atom. The number of hydrogen-bond donors (Lipinski definition) is 3. The molecule has 0 fully saturated rings. The summed E-state index contributed by atoms with van der Waals surface area (Å²) in [5, 5.41) is 19.1. The van der Waals surface area contributed by atoms with Crippen LogP contribution in [0.15, 0.2) is 37.4 Å². The third kappa shape index (κ3) is 5.80. The summed E-state index contributed by atoms with van der Waals surface area (Å²) in [5.74, 6) is -1.77. The zero-order valence-electron chi connectivity index (χ0n) is 26.7. The molecule has 0 atom stereocenters. The van der Waals surface area contributed by atoms with E-state index in [1.165, 1.54) is 0 Å². The lowest BCUT2D eigenvalue weighted by Gasteiger charge is -2.06. The smallest absolute Gasteiger partial charge is 0.303 e. The third-order valence-electron chi connectivity index (χ3n) is 8.93. The van der Waals surface area contributed by atoms with Crippen LogP contribution in [0.2, 0.25) is 0 Å². The molecule has 5 heterocycles. The summed E-state index contributed by atoms with van der Waals surface area (Å²) in [6.45, 7) is 19.3. The first-order chi connectivity index (χ1) is 21.5. The fourth-order valence-corrected chi connectivity index (χ4v) is 6.45. The Bertz CT molecular complexity index is 2000. The topological polar surface area (TPSA) is 121 Å². The van der Waals surface area contributed by atoms with E-state index in [1.54, 1.807) is 0 Å². The molecule has 0 amide bonds. The number of carboxylic acids is 2. The normalized spacial score (nSPS) is 13.0. The summed E-state index contributed by atoms with van der Waals surface area (Å²) >= 11 is 0. The van der Waals surface area contributed by atoms with E-state index in [0.29, 0.717) is 24.2 Å². The third-order valence-corrected chi connectivity index (χ3v) is 8.93. The maximum absolute atomic E-state index is 11.6. The number of fused-ring (bicyclic) bond motifs is 8. The molecular formula is C37H40N4O4. The first-order valence-electron chi connectivity index (χ1n) is 15.3. The van der Waals surface area contributed by atoms with Gasteiger partial charge in [0.25, 0.3) is 0 Å². The number of aryl methyl sites for hydroxylation is 3. The monoisotopic (exact) mass is 604 g/mol. The van der Waals surface area contributed by atoms with Crippen LogP contribution in [0.5, 0.6) is 0 Å². The van der Waals surface area contributed by atoms with Crippen molar-refractivity contribution >= 4 is 68.4 Å². The summed E-state index contributed by atoms with van der Waals surface area (Å²) in [4.78, 5) is 36.9. The minimum absolute atomic E-state index is 0.0330. The minimum Gasteiger partial charge on any atom is -0.481 e. The van der Waals surface area contributed by atoms with Gasteiger partial charge in [-0.3, -0.25) is 9.59 Å². The number of carbonyl (C=O) groups is 2. The van der Waals surface area contributed by atoms with Crippen LogP contribution in [0.25, 0.3) is 56.5 Å². The Morgan fingerprint density at radius 3 is 1.82 bits per heavy atom. The van der Waals surface area contributed by atoms with Gasteiger partial charge in [-0.15, -0.1) is 0 Å². The molecule has 0 aromatic carbocycles. The quantitative estimate of drug-likeness (QED) is 0.213. The number of nitrogens with one attached hydrogen (secondary N) is 1. The lowest BCUT2D eigenvalue weighted by Crippen LogP contribution is -1.97. The second kappa shape index (κ2) is 12.6. The summed E-state index contributed by atoms with van der Waals surface area (Å²) in [6.07, 6.45) is 5.22. The van der Waals surface area contributed by atoms with Gasteiger partial charge in [-0.05, 0) is 105 Å². The number of aromatic amines is 1. The van der Waals surface area contributed by atoms with Crippen molar-refractivity contribution in [3.05, 3.63) is 82.5 Å². The second-order valence-corrected chi connectivity index (χ2v) is 11.7. The average Bonchev–Trinajstić information content (AvgIpc) is 3.63. The first kappa shape index (κ1) is 31.4. The highest BCUT2D eigenvalue weighted by molar-refractivity contribution is 5.97. The van der Waals surface area contributed by atoms with Crippen molar-refractivity contribution < 1.29 is 19.8 Å². The molecular weight excluding hydrogens is 564 g/mol. The van der Waals surface area contributed by atoms with Gasteiger partial charge < -0.3 is 19.8 Å². The molecule has 0 unspecified atom stereocenters. The summed E-state index contributed by atoms with van der Waals surface area (Å²) < 4.78 is 2.31. The number of aliphatic carboxylic acids is 2. The molecule has 8 heteroatoms. The Balaban J connectivity index is 1.99. The van der Waals surface area contributed by atoms with E-state index in [-0.39, 0.29) is 12.8 Å². The van der Waals surface area contributed by atoms with Gasteiger partial charge in [0, 0.05) is 47.1 Å². The van der Waals surface area contributed by atoms with Crippen LogP contribution in [-0.2, 0) is 16.1 Å². The van der Waals surface area contributed by atoms with Crippen LogP contribution in [0.4, 0.5) is 0 Å². The molecule has 3 aromatic heterocycles. The molecule has 8 nitrogen and oxygen atoms in total. The number of carboxylic acid groups (broad SMARTS) is 2. The predicted octanol–water partition coefficient (Wildman–Crippen LogP) is 8.69. The molecule has 0 aliphatic carbocycles. The van der Waals surface area contributed by atoms with E-state index in [9.17, 15) is 19.8 Å². The summed E-state index contributed by atoms with van der Waals surface area (Å²) in [7, 11) is 0. The van der Waals surface area contributed by atoms with Crippen LogP contribution < -0.4 is 0 Å². The van der Waals surface area contributed by atoms with Crippen molar-refractivity contribution in [1.29, 1.82) is 0 Å². The zero-order valence-corrected chi connectivity index (χ0v) is 26.7. The van der Waals surface area contributed by atoms with Gasteiger partial charge in [0.05, 0.1) is 28.3 Å². The second-order valence-electron chi connectivity index (χ2n) is 11.7. The van der Waals surface area contributed by atoms with E-state index in [4.69, 9.17) is 9.97 Å². The van der Waals surface area contributed by atoms with Gasteiger partial charge in [0.1, 0.15) is 0 Å². The van der Waals surface area contributed by atoms with E-state index >= 15 is 0 Å². The number of rotatable bonds is 10. The molecule has 0 spiro atoms. The number of nitrogens with zero attached hydrogens (tertiary/aromatic N) is 3. The standard InChI is InChI=1S/C37H40N4O4/c1-8-15-41-34-18-29-22(6)27(12-14-37(44)45)33(40-29)17-32-26(11-13-36(42)43)21(5)28(38-32)16-31-24(9-2)20(4)30(39-31)19-35(41)25(10-3)23(34)7/h9-10,16-19,39H,2-3,8,11-15H2,1,4-7H3,(H,42,43)(H,44,45). The van der Waals surface area contributed by atoms with Gasteiger partial charge >= 0.3 is 11.9 Å². The van der Waals surface area contributed by atoms with Crippen molar-refractivity contribution in [2.45, 2.75) is 73.3 Å². The van der Waals surface area contributed by atoms with E-state index in [1.807, 2.05) is 38.1 Å². The Labute approximate surface area is 263 Å². The van der Waals surface area contributed by atoms with Crippen LogP contribution in [0.3, 0.4) is 0 Å². The van der Waals surface area contributed by atoms with Crippen LogP contribution in [0.1, 0.15) is 97.9 Å². The molecule has 0 saturated carbocycles. The van der Waals surface area contributed by atoms with Crippen LogP contribution in [-0.4, -0.2) is 41.7 Å². The molecule has 2 aliphatic heterocycles. The van der Waals surface area contributed by atoms with Crippen LogP contribution in [0, 0.1) is 13.8 Å². The Kier molecular flexibility index (Phi) is 8.77.